The number of aryl methyl sites for hydroxylation is 1. The highest BCUT2D eigenvalue weighted by atomic mass is 127. The lowest BCUT2D eigenvalue weighted by Crippen LogP contribution is -2.15. The van der Waals surface area contributed by atoms with Gasteiger partial charge in [-0.3, -0.25) is 9.78 Å². The fraction of sp³-hybridized carbons (Fsp3) is 0.0833. The van der Waals surface area contributed by atoms with Gasteiger partial charge in [0.05, 0.1) is 5.52 Å². The van der Waals surface area contributed by atoms with Gasteiger partial charge in [-0.15, -0.1) is 0 Å². The summed E-state index contributed by atoms with van der Waals surface area (Å²) in [6.07, 6.45) is 0. The first-order valence-corrected chi connectivity index (χ1v) is 10.5. The molecule has 0 unspecified atom stereocenters. The summed E-state index contributed by atoms with van der Waals surface area (Å²) in [7, 11) is 0. The molecule has 1 amide bonds. The molecular formula is C24H20IN3O2. The molecule has 0 bridgehead atoms. The Morgan fingerprint density at radius 1 is 1.07 bits per heavy atom. The number of rotatable bonds is 5. The summed E-state index contributed by atoms with van der Waals surface area (Å²) >= 11 is 2.25. The van der Waals surface area contributed by atoms with E-state index >= 15 is 0 Å². The van der Waals surface area contributed by atoms with Crippen molar-refractivity contribution in [1.29, 1.82) is 0 Å². The Balaban J connectivity index is 1.53. The molecule has 1 aromatic heterocycles. The van der Waals surface area contributed by atoms with E-state index in [1.165, 1.54) is 0 Å². The van der Waals surface area contributed by atoms with Gasteiger partial charge in [0.15, 0.2) is 0 Å². The fourth-order valence-corrected chi connectivity index (χ4v) is 3.59. The third-order valence-electron chi connectivity index (χ3n) is 4.70. The molecule has 0 saturated heterocycles. The van der Waals surface area contributed by atoms with Crippen molar-refractivity contribution in [3.05, 3.63) is 93.2 Å². The molecule has 3 aromatic carbocycles. The molecule has 0 spiro atoms. The second-order valence-electron chi connectivity index (χ2n) is 6.94. The lowest BCUT2D eigenvalue weighted by atomic mass is 10.1. The van der Waals surface area contributed by atoms with E-state index < -0.39 is 0 Å². The van der Waals surface area contributed by atoms with Crippen molar-refractivity contribution in [2.45, 2.75) is 13.5 Å². The summed E-state index contributed by atoms with van der Waals surface area (Å²) in [5.74, 6) is 0.563. The number of halogens is 1. The van der Waals surface area contributed by atoms with E-state index in [0.717, 1.165) is 31.5 Å². The van der Waals surface area contributed by atoms with Gasteiger partial charge in [0.2, 0.25) is 0 Å². The van der Waals surface area contributed by atoms with Gasteiger partial charge in [-0.25, -0.2) is 0 Å². The van der Waals surface area contributed by atoms with Gasteiger partial charge in [0, 0.05) is 37.2 Å². The largest absolute Gasteiger partial charge is 0.489 e. The highest BCUT2D eigenvalue weighted by Crippen LogP contribution is 2.25. The van der Waals surface area contributed by atoms with Crippen LogP contribution in [-0.4, -0.2) is 10.9 Å². The highest BCUT2D eigenvalue weighted by Gasteiger charge is 2.13. The number of hydrogen-bond donors (Lipinski definition) is 2. The molecule has 0 radical (unpaired) electrons. The van der Waals surface area contributed by atoms with Crippen molar-refractivity contribution < 1.29 is 9.53 Å². The molecule has 5 nitrogen and oxygen atoms in total. The Morgan fingerprint density at radius 2 is 1.83 bits per heavy atom. The molecule has 0 aliphatic heterocycles. The molecule has 4 rings (SSSR count). The van der Waals surface area contributed by atoms with Crippen molar-refractivity contribution in [3.8, 4) is 5.75 Å². The number of benzene rings is 3. The molecule has 30 heavy (non-hydrogen) atoms. The van der Waals surface area contributed by atoms with Crippen LogP contribution in [0.5, 0.6) is 5.75 Å². The summed E-state index contributed by atoms with van der Waals surface area (Å²) in [6.45, 7) is 2.21. The summed E-state index contributed by atoms with van der Waals surface area (Å²) < 4.78 is 7.00. The number of amides is 1. The van der Waals surface area contributed by atoms with Gasteiger partial charge in [-0.1, -0.05) is 18.2 Å². The number of carbonyl (C=O) groups excluding carboxylic acids is 1. The van der Waals surface area contributed by atoms with E-state index in [2.05, 4.69) is 32.9 Å². The van der Waals surface area contributed by atoms with E-state index in [1.54, 1.807) is 6.07 Å². The molecule has 150 valence electrons. The number of nitrogens with one attached hydrogen (secondary N) is 1. The minimum Gasteiger partial charge on any atom is -0.489 e. The molecular weight excluding hydrogens is 489 g/mol. The maximum absolute atomic E-state index is 13.0. The van der Waals surface area contributed by atoms with Crippen LogP contribution in [0, 0.1) is 10.5 Å². The Hall–Kier alpha value is -3.13. The smallest absolute Gasteiger partial charge is 0.256 e. The highest BCUT2D eigenvalue weighted by molar-refractivity contribution is 14.1. The Kier molecular flexibility index (Phi) is 5.85. The van der Waals surface area contributed by atoms with Crippen LogP contribution < -0.4 is 15.8 Å². The maximum Gasteiger partial charge on any atom is 0.256 e. The molecule has 0 fully saturated rings. The third-order valence-corrected chi connectivity index (χ3v) is 5.42. The number of carbonyl (C=O) groups is 1. The Labute approximate surface area is 188 Å². The van der Waals surface area contributed by atoms with Crippen LogP contribution in [-0.2, 0) is 6.61 Å². The van der Waals surface area contributed by atoms with Gasteiger partial charge in [-0.05, 0) is 84.1 Å². The molecule has 0 aliphatic carbocycles. The zero-order valence-corrected chi connectivity index (χ0v) is 18.5. The molecule has 0 atom stereocenters. The first kappa shape index (κ1) is 20.2. The minimum atomic E-state index is -0.199. The number of pyridine rings is 1. The van der Waals surface area contributed by atoms with E-state index in [0.29, 0.717) is 23.5 Å². The van der Waals surface area contributed by atoms with Gasteiger partial charge in [-0.2, -0.15) is 0 Å². The number of aromatic nitrogens is 1. The molecule has 3 N–H and O–H groups in total. The van der Waals surface area contributed by atoms with Crippen molar-refractivity contribution in [2.75, 3.05) is 11.1 Å². The standard InChI is InChI=1S/C24H20IN3O2/c1-15-12-22(26)21-13-18(8-11-23(21)27-15)28-24(29)20-5-3-2-4-16(20)14-30-19-9-6-17(25)7-10-19/h2-13H,14H2,1H3,(H2,26,27)(H,28,29). The van der Waals surface area contributed by atoms with Crippen LogP contribution in [0.25, 0.3) is 10.9 Å². The van der Waals surface area contributed by atoms with Crippen LogP contribution in [0.1, 0.15) is 21.6 Å². The van der Waals surface area contributed by atoms with Crippen LogP contribution in [0.3, 0.4) is 0 Å². The van der Waals surface area contributed by atoms with E-state index in [9.17, 15) is 4.79 Å². The van der Waals surface area contributed by atoms with Crippen LogP contribution >= 0.6 is 22.6 Å². The first-order chi connectivity index (χ1) is 14.5. The predicted octanol–water partition coefficient (Wildman–Crippen LogP) is 5.56. The average Bonchev–Trinajstić information content (AvgIpc) is 2.74. The summed E-state index contributed by atoms with van der Waals surface area (Å²) in [4.78, 5) is 17.4. The number of fused-ring (bicyclic) bond motifs is 1. The van der Waals surface area contributed by atoms with E-state index in [-0.39, 0.29) is 5.91 Å². The van der Waals surface area contributed by atoms with Crippen molar-refractivity contribution in [1.82, 2.24) is 4.98 Å². The average molecular weight is 509 g/mol. The zero-order chi connectivity index (χ0) is 21.1. The number of ether oxygens (including phenoxy) is 1. The maximum atomic E-state index is 13.0. The van der Waals surface area contributed by atoms with Gasteiger partial charge >= 0.3 is 0 Å². The molecule has 4 aromatic rings. The number of nitrogen functional groups attached to an aromatic ring is 1. The topological polar surface area (TPSA) is 77.2 Å². The van der Waals surface area contributed by atoms with Crippen molar-refractivity contribution in [3.63, 3.8) is 0 Å². The number of hydrogen-bond acceptors (Lipinski definition) is 4. The molecule has 6 heteroatoms. The monoisotopic (exact) mass is 509 g/mol. The lowest BCUT2D eigenvalue weighted by Gasteiger charge is -2.12. The SMILES string of the molecule is Cc1cc(N)c2cc(NC(=O)c3ccccc3COc3ccc(I)cc3)ccc2n1. The fourth-order valence-electron chi connectivity index (χ4n) is 3.23. The molecule has 1 heterocycles. The van der Waals surface area contributed by atoms with E-state index in [4.69, 9.17) is 10.5 Å². The lowest BCUT2D eigenvalue weighted by molar-refractivity contribution is 0.102. The second kappa shape index (κ2) is 8.71. The number of nitrogens with two attached hydrogens (primary N) is 1. The summed E-state index contributed by atoms with van der Waals surface area (Å²) in [5.41, 5.74) is 10.5. The van der Waals surface area contributed by atoms with Crippen molar-refractivity contribution in [2.24, 2.45) is 0 Å². The normalized spacial score (nSPS) is 10.7. The van der Waals surface area contributed by atoms with Gasteiger partial charge < -0.3 is 15.8 Å². The zero-order valence-electron chi connectivity index (χ0n) is 16.4. The van der Waals surface area contributed by atoms with Gasteiger partial charge in [0.1, 0.15) is 12.4 Å². The number of nitrogens with zero attached hydrogens (tertiary/aromatic N) is 1. The van der Waals surface area contributed by atoms with Crippen LogP contribution in [0.15, 0.2) is 72.8 Å². The minimum absolute atomic E-state index is 0.199. The summed E-state index contributed by atoms with van der Waals surface area (Å²) in [5, 5.41) is 3.77. The van der Waals surface area contributed by atoms with Gasteiger partial charge in [0.25, 0.3) is 5.91 Å². The van der Waals surface area contributed by atoms with Crippen LogP contribution in [0.4, 0.5) is 11.4 Å². The number of anilines is 2. The third kappa shape index (κ3) is 4.54. The molecule has 0 saturated carbocycles. The van der Waals surface area contributed by atoms with E-state index in [1.807, 2.05) is 73.7 Å². The predicted molar refractivity (Wildman–Crippen MR) is 129 cm³/mol. The first-order valence-electron chi connectivity index (χ1n) is 9.44. The summed E-state index contributed by atoms with van der Waals surface area (Å²) in [6, 6.07) is 22.6. The van der Waals surface area contributed by atoms with Crippen LogP contribution in [0.2, 0.25) is 0 Å². The van der Waals surface area contributed by atoms with Crippen molar-refractivity contribution >= 4 is 50.8 Å². The Bertz CT molecular complexity index is 1220. The Morgan fingerprint density at radius 3 is 2.63 bits per heavy atom. The molecule has 0 aliphatic rings. The second-order valence-corrected chi connectivity index (χ2v) is 8.18. The quantitative estimate of drug-likeness (QED) is 0.346.